The second-order valence-corrected chi connectivity index (χ2v) is 16.8. The summed E-state index contributed by atoms with van der Waals surface area (Å²) in [5.41, 5.74) is 0. The van der Waals surface area contributed by atoms with Crippen molar-refractivity contribution >= 4 is 27.6 Å². The molecule has 0 spiro atoms. The number of hydrogen-bond acceptors (Lipinski definition) is 11. The molecule has 0 aliphatic heterocycles. The molecule has 14 nitrogen and oxygen atoms in total. The highest BCUT2D eigenvalue weighted by Crippen LogP contribution is 2.43. The van der Waals surface area contributed by atoms with E-state index in [1.165, 1.54) is 19.3 Å². The fraction of sp³-hybridized carbons (Fsp3) is 0.636. The topological polar surface area (TPSA) is 216 Å². The number of hydrogen-bond donors (Lipinski definition) is 5. The minimum Gasteiger partial charge on any atom is -0.462 e. The summed E-state index contributed by atoms with van der Waals surface area (Å²) >= 11 is 0. The van der Waals surface area contributed by atoms with Crippen molar-refractivity contribution in [2.45, 2.75) is 154 Å². The van der Waals surface area contributed by atoms with Crippen LogP contribution in [0.1, 0.15) is 136 Å². The maximum atomic E-state index is 12.6. The molecule has 0 aromatic rings. The Bertz CT molecular complexity index is 1400. The Kier molecular flexibility index (Phi) is 37.3. The Morgan fingerprint density at radius 3 is 1.52 bits per heavy atom. The molecule has 0 radical (unpaired) electrons. The molecule has 0 saturated heterocycles. The number of carbonyl (C=O) groups excluding carboxylic acids is 2. The largest absolute Gasteiger partial charge is 0.472 e. The van der Waals surface area contributed by atoms with Crippen LogP contribution in [0.25, 0.3) is 0 Å². The van der Waals surface area contributed by atoms with Crippen molar-refractivity contribution in [1.29, 1.82) is 0 Å². The summed E-state index contributed by atoms with van der Waals surface area (Å²) in [4.78, 5) is 52.6. The van der Waals surface area contributed by atoms with Crippen LogP contribution in [0, 0.1) is 0 Å². The van der Waals surface area contributed by atoms with E-state index in [-0.39, 0.29) is 18.9 Å². The molecule has 0 aliphatic rings. The number of ether oxygens (including phenoxy) is 2. The predicted octanol–water partition coefficient (Wildman–Crippen LogP) is 9.75. The monoisotopic (exact) mass is 888 g/mol. The summed E-state index contributed by atoms with van der Waals surface area (Å²) in [6, 6.07) is 0. The fourth-order valence-electron chi connectivity index (χ4n) is 5.07. The van der Waals surface area contributed by atoms with Gasteiger partial charge >= 0.3 is 27.6 Å². The average Bonchev–Trinajstić information content (AvgIpc) is 3.20. The molecule has 2 unspecified atom stereocenters. The van der Waals surface area contributed by atoms with Gasteiger partial charge in [0, 0.05) is 12.8 Å². The lowest BCUT2D eigenvalue weighted by Crippen LogP contribution is -2.29. The van der Waals surface area contributed by atoms with Crippen LogP contribution in [-0.4, -0.2) is 81.6 Å². The third kappa shape index (κ3) is 42.0. The van der Waals surface area contributed by atoms with Gasteiger partial charge in [-0.15, -0.1) is 0 Å². The molecule has 0 amide bonds. The molecule has 0 heterocycles. The normalized spacial score (nSPS) is 15.4. The molecule has 0 bridgehead atoms. The van der Waals surface area contributed by atoms with Crippen LogP contribution in [-0.2, 0) is 41.8 Å². The Morgan fingerprint density at radius 1 is 0.517 bits per heavy atom. The molecule has 0 aromatic heterocycles. The molecule has 5 N–H and O–H groups in total. The van der Waals surface area contributed by atoms with Crippen molar-refractivity contribution in [1.82, 2.24) is 0 Å². The van der Waals surface area contributed by atoms with E-state index in [0.717, 1.165) is 64.2 Å². The third-order valence-electron chi connectivity index (χ3n) is 8.30. The zero-order chi connectivity index (χ0) is 44.6. The van der Waals surface area contributed by atoms with Crippen molar-refractivity contribution in [2.24, 2.45) is 0 Å². The van der Waals surface area contributed by atoms with E-state index in [9.17, 15) is 33.8 Å². The zero-order valence-electron chi connectivity index (χ0n) is 35.9. The maximum absolute atomic E-state index is 12.6. The van der Waals surface area contributed by atoms with Crippen LogP contribution in [0.2, 0.25) is 0 Å². The number of rotatable bonds is 39. The number of carbonyl (C=O) groups is 2. The van der Waals surface area contributed by atoms with E-state index in [1.807, 2.05) is 24.3 Å². The lowest BCUT2D eigenvalue weighted by atomic mass is 10.1. The van der Waals surface area contributed by atoms with Crippen molar-refractivity contribution in [2.75, 3.05) is 26.4 Å². The van der Waals surface area contributed by atoms with Gasteiger partial charge in [0.15, 0.2) is 6.10 Å². The highest BCUT2D eigenvalue weighted by atomic mass is 31.2. The molecule has 0 aromatic carbocycles. The highest BCUT2D eigenvalue weighted by Gasteiger charge is 2.28. The molecule has 344 valence electrons. The van der Waals surface area contributed by atoms with Crippen LogP contribution in [0.15, 0.2) is 85.1 Å². The van der Waals surface area contributed by atoms with Crippen LogP contribution >= 0.6 is 15.6 Å². The molecule has 60 heavy (non-hydrogen) atoms. The van der Waals surface area contributed by atoms with Crippen molar-refractivity contribution in [3.8, 4) is 0 Å². The van der Waals surface area contributed by atoms with Gasteiger partial charge < -0.3 is 34.4 Å². The first kappa shape index (κ1) is 57.3. The third-order valence-corrected chi connectivity index (χ3v) is 9.74. The van der Waals surface area contributed by atoms with E-state index in [0.29, 0.717) is 25.7 Å². The fourth-order valence-corrected chi connectivity index (χ4v) is 6.22. The standard InChI is InChI=1S/C44H74O14P2/c1-3-5-6-7-8-9-10-11-12-15-18-21-24-27-30-34-43(47)54-38-42(39-57-60(52,53)56-37-41(46)36-55-59(49,50)51)58-44(48)35-31-28-25-22-19-16-13-14-17-20-23-26-29-33-40(45)32-4-2/h8-9,11-13,16-18,20-22,25-26,29,40-42,45-46H,3-7,10,14-15,19,23-24,27-28,30-39H2,1-2H3,(H,52,53)(H2,49,50,51)/b9-8-,12-11-,16-13-,20-17-,21-18-,25-22-,29-26-/t40?,41-,42+/m0/s1. The summed E-state index contributed by atoms with van der Waals surface area (Å²) in [5.74, 6) is -1.17. The highest BCUT2D eigenvalue weighted by molar-refractivity contribution is 7.47. The molecule has 0 aliphatic carbocycles. The number of unbranched alkanes of at least 4 members (excludes halogenated alkanes) is 6. The average molecular weight is 889 g/mol. The maximum Gasteiger partial charge on any atom is 0.472 e. The second-order valence-electron chi connectivity index (χ2n) is 14.1. The minimum absolute atomic E-state index is 0.0277. The van der Waals surface area contributed by atoms with Crippen molar-refractivity contribution < 1.29 is 66.7 Å². The van der Waals surface area contributed by atoms with Gasteiger partial charge in [-0.1, -0.05) is 118 Å². The van der Waals surface area contributed by atoms with Crippen molar-refractivity contribution in [3.05, 3.63) is 85.1 Å². The van der Waals surface area contributed by atoms with Crippen LogP contribution < -0.4 is 0 Å². The predicted molar refractivity (Wildman–Crippen MR) is 236 cm³/mol. The van der Waals surface area contributed by atoms with Crippen LogP contribution in [0.4, 0.5) is 0 Å². The zero-order valence-corrected chi connectivity index (χ0v) is 37.7. The molecular weight excluding hydrogens is 814 g/mol. The first-order chi connectivity index (χ1) is 28.8. The lowest BCUT2D eigenvalue weighted by molar-refractivity contribution is -0.161. The number of phosphoric acid groups is 2. The van der Waals surface area contributed by atoms with E-state index >= 15 is 0 Å². The molecule has 16 heteroatoms. The number of aliphatic hydroxyl groups excluding tert-OH is 2. The molecular formula is C44H74O14P2. The van der Waals surface area contributed by atoms with Gasteiger partial charge in [-0.3, -0.25) is 23.2 Å². The van der Waals surface area contributed by atoms with Gasteiger partial charge in [0.05, 0.1) is 25.9 Å². The second kappa shape index (κ2) is 39.1. The first-order valence-corrected chi connectivity index (χ1v) is 24.4. The van der Waals surface area contributed by atoms with Crippen molar-refractivity contribution in [3.63, 3.8) is 0 Å². The molecule has 0 fully saturated rings. The summed E-state index contributed by atoms with van der Waals surface area (Å²) in [5, 5.41) is 19.5. The Balaban J connectivity index is 4.73. The number of allylic oxidation sites excluding steroid dienone is 13. The van der Waals surface area contributed by atoms with Gasteiger partial charge in [0.1, 0.15) is 12.7 Å². The van der Waals surface area contributed by atoms with Gasteiger partial charge in [0.25, 0.3) is 0 Å². The van der Waals surface area contributed by atoms with Gasteiger partial charge in [0.2, 0.25) is 0 Å². The molecule has 4 atom stereocenters. The van der Waals surface area contributed by atoms with Crippen LogP contribution in [0.3, 0.4) is 0 Å². The van der Waals surface area contributed by atoms with Gasteiger partial charge in [-0.25, -0.2) is 9.13 Å². The SMILES string of the molecule is CCCCC/C=C\C/C=C\C/C=C\CCCCC(=O)OC[C@H](COP(=O)(O)OC[C@@H](O)COP(=O)(O)O)OC(=O)CCC/C=C\C/C=C\C/C=C\C/C=C\CC(O)CCC. The van der Waals surface area contributed by atoms with E-state index in [2.05, 4.69) is 83.7 Å². The number of aliphatic hydroxyl groups is 2. The minimum atomic E-state index is -4.88. The molecule has 0 saturated carbocycles. The van der Waals surface area contributed by atoms with E-state index in [4.69, 9.17) is 23.8 Å². The van der Waals surface area contributed by atoms with Gasteiger partial charge in [-0.05, 0) is 89.9 Å². The lowest BCUT2D eigenvalue weighted by Gasteiger charge is -2.20. The summed E-state index contributed by atoms with van der Waals surface area (Å²) < 4.78 is 47.6. The summed E-state index contributed by atoms with van der Waals surface area (Å²) in [6.07, 6.45) is 40.8. The van der Waals surface area contributed by atoms with Crippen LogP contribution in [0.5, 0.6) is 0 Å². The smallest absolute Gasteiger partial charge is 0.462 e. The van der Waals surface area contributed by atoms with Gasteiger partial charge in [-0.2, -0.15) is 0 Å². The Morgan fingerprint density at radius 2 is 0.983 bits per heavy atom. The number of phosphoric ester groups is 2. The quantitative estimate of drug-likeness (QED) is 0.0168. The van der Waals surface area contributed by atoms with E-state index < -0.39 is 66.2 Å². The first-order valence-electron chi connectivity index (χ1n) is 21.4. The summed E-state index contributed by atoms with van der Waals surface area (Å²) in [6.45, 7) is 1.39. The number of esters is 2. The summed E-state index contributed by atoms with van der Waals surface area (Å²) in [7, 11) is -9.72. The Hall–Kier alpha value is -2.74. The van der Waals surface area contributed by atoms with E-state index in [1.54, 1.807) is 0 Å². The Labute approximate surface area is 359 Å². The molecule has 0 rings (SSSR count).